The highest BCUT2D eigenvalue weighted by atomic mass is 16.2. The average molecular weight is 330 g/mol. The minimum absolute atomic E-state index is 0.110. The lowest BCUT2D eigenvalue weighted by Gasteiger charge is -2.21. The van der Waals surface area contributed by atoms with Crippen molar-refractivity contribution in [1.29, 1.82) is 0 Å². The molecule has 2 bridgehead atoms. The highest BCUT2D eigenvalue weighted by molar-refractivity contribution is 6.07. The number of fused-ring (bicyclic) bond motifs is 3. The standard InChI is InChI=1S/C19H26N2O3/c22-17(20-8-7-14-10-12-5-6-13(14)9-12)11-21-18(23)15-3-1-2-4-16(15)19(21)24/h1-2,12-16H,3-11H2,(H,20,22)/t12-,13-,14-,15+,16+/m0/s1. The first kappa shape index (κ1) is 15.9. The number of carbonyl (C=O) groups is 3. The first-order chi connectivity index (χ1) is 11.6. The van der Waals surface area contributed by atoms with Crippen LogP contribution in [0.15, 0.2) is 12.2 Å². The van der Waals surface area contributed by atoms with E-state index in [1.165, 1.54) is 30.6 Å². The van der Waals surface area contributed by atoms with Gasteiger partial charge in [0.05, 0.1) is 11.8 Å². The van der Waals surface area contributed by atoms with Crippen LogP contribution in [-0.4, -0.2) is 35.7 Å². The van der Waals surface area contributed by atoms with E-state index in [1.807, 2.05) is 12.2 Å². The summed E-state index contributed by atoms with van der Waals surface area (Å²) in [7, 11) is 0. The molecule has 1 N–H and O–H groups in total. The van der Waals surface area contributed by atoms with Gasteiger partial charge in [-0.25, -0.2) is 0 Å². The van der Waals surface area contributed by atoms with Gasteiger partial charge in [0.2, 0.25) is 17.7 Å². The Bertz CT molecular complexity index is 559. The molecule has 4 aliphatic rings. The maximum absolute atomic E-state index is 12.3. The molecular weight excluding hydrogens is 304 g/mol. The number of likely N-dealkylation sites (tertiary alicyclic amines) is 1. The summed E-state index contributed by atoms with van der Waals surface area (Å²) in [5.74, 6) is 1.51. The normalized spacial score (nSPS) is 37.2. The summed E-state index contributed by atoms with van der Waals surface area (Å²) in [5, 5.41) is 2.92. The Hall–Kier alpha value is -1.65. The molecule has 5 atom stereocenters. The molecule has 0 spiro atoms. The zero-order valence-electron chi connectivity index (χ0n) is 14.1. The van der Waals surface area contributed by atoms with Gasteiger partial charge in [-0.05, 0) is 56.3 Å². The van der Waals surface area contributed by atoms with Gasteiger partial charge in [0.15, 0.2) is 0 Å². The van der Waals surface area contributed by atoms with Crippen LogP contribution in [0.2, 0.25) is 0 Å². The van der Waals surface area contributed by atoms with E-state index in [1.54, 1.807) is 0 Å². The van der Waals surface area contributed by atoms with Gasteiger partial charge in [0, 0.05) is 6.54 Å². The maximum atomic E-state index is 12.3. The van der Waals surface area contributed by atoms with Crippen LogP contribution < -0.4 is 5.32 Å². The van der Waals surface area contributed by atoms with Gasteiger partial charge in [0.25, 0.3) is 0 Å². The molecule has 4 rings (SSSR count). The topological polar surface area (TPSA) is 66.5 Å². The lowest BCUT2D eigenvalue weighted by molar-refractivity contribution is -0.143. The van der Waals surface area contributed by atoms with Crippen LogP contribution in [0.1, 0.15) is 44.9 Å². The van der Waals surface area contributed by atoms with Crippen LogP contribution >= 0.6 is 0 Å². The summed E-state index contributed by atoms with van der Waals surface area (Å²) in [6, 6.07) is 0. The number of nitrogens with one attached hydrogen (secondary N) is 1. The Morgan fingerprint density at radius 1 is 1.08 bits per heavy atom. The predicted molar refractivity (Wildman–Crippen MR) is 88.6 cm³/mol. The van der Waals surface area contributed by atoms with Crippen molar-refractivity contribution in [3.8, 4) is 0 Å². The molecule has 5 heteroatoms. The van der Waals surface area contributed by atoms with Crippen LogP contribution in [0, 0.1) is 29.6 Å². The Balaban J connectivity index is 1.24. The number of carbonyl (C=O) groups excluding carboxylic acids is 3. The summed E-state index contributed by atoms with van der Waals surface area (Å²) in [6.07, 6.45) is 11.7. The molecule has 0 aromatic carbocycles. The van der Waals surface area contributed by atoms with E-state index in [4.69, 9.17) is 0 Å². The van der Waals surface area contributed by atoms with Crippen molar-refractivity contribution in [2.24, 2.45) is 29.6 Å². The van der Waals surface area contributed by atoms with Crippen molar-refractivity contribution in [3.05, 3.63) is 12.2 Å². The molecule has 3 fully saturated rings. The minimum atomic E-state index is -0.246. The average Bonchev–Trinajstić information content (AvgIpc) is 3.26. The summed E-state index contributed by atoms with van der Waals surface area (Å²) in [4.78, 5) is 38.0. The fourth-order valence-corrected chi connectivity index (χ4v) is 5.35. The van der Waals surface area contributed by atoms with Gasteiger partial charge < -0.3 is 5.32 Å². The first-order valence-electron chi connectivity index (χ1n) is 9.40. The largest absolute Gasteiger partial charge is 0.355 e. The van der Waals surface area contributed by atoms with Crippen LogP contribution in [0.5, 0.6) is 0 Å². The Kier molecular flexibility index (Phi) is 4.19. The summed E-state index contributed by atoms with van der Waals surface area (Å²) in [5.41, 5.74) is 0. The fraction of sp³-hybridized carbons (Fsp3) is 0.737. The second kappa shape index (κ2) is 6.34. The summed E-state index contributed by atoms with van der Waals surface area (Å²) < 4.78 is 0. The minimum Gasteiger partial charge on any atom is -0.355 e. The second-order valence-electron chi connectivity index (χ2n) is 7.99. The van der Waals surface area contributed by atoms with Crippen molar-refractivity contribution in [2.75, 3.05) is 13.1 Å². The van der Waals surface area contributed by atoms with Crippen molar-refractivity contribution >= 4 is 17.7 Å². The number of hydrogen-bond donors (Lipinski definition) is 1. The Morgan fingerprint density at radius 2 is 1.79 bits per heavy atom. The zero-order valence-corrected chi connectivity index (χ0v) is 14.1. The molecule has 3 aliphatic carbocycles. The molecule has 1 heterocycles. The fourth-order valence-electron chi connectivity index (χ4n) is 5.35. The molecule has 5 nitrogen and oxygen atoms in total. The predicted octanol–water partition coefficient (Wildman–Crippen LogP) is 1.88. The van der Waals surface area contributed by atoms with Gasteiger partial charge >= 0.3 is 0 Å². The molecule has 1 saturated heterocycles. The first-order valence-corrected chi connectivity index (χ1v) is 9.40. The van der Waals surface area contributed by atoms with Crippen molar-refractivity contribution < 1.29 is 14.4 Å². The quantitative estimate of drug-likeness (QED) is 0.618. The van der Waals surface area contributed by atoms with Crippen LogP contribution in [0.3, 0.4) is 0 Å². The van der Waals surface area contributed by atoms with Gasteiger partial charge in [0.1, 0.15) is 6.54 Å². The molecule has 0 radical (unpaired) electrons. The molecule has 130 valence electrons. The van der Waals surface area contributed by atoms with Gasteiger partial charge in [-0.1, -0.05) is 18.6 Å². The highest BCUT2D eigenvalue weighted by Gasteiger charge is 2.47. The van der Waals surface area contributed by atoms with Gasteiger partial charge in [-0.15, -0.1) is 0 Å². The second-order valence-corrected chi connectivity index (χ2v) is 7.99. The number of hydrogen-bond acceptors (Lipinski definition) is 3. The smallest absolute Gasteiger partial charge is 0.240 e. The molecular formula is C19H26N2O3. The third-order valence-corrected chi connectivity index (χ3v) is 6.62. The van der Waals surface area contributed by atoms with Crippen LogP contribution in [0.25, 0.3) is 0 Å². The molecule has 0 unspecified atom stereocenters. The number of imide groups is 1. The third-order valence-electron chi connectivity index (χ3n) is 6.62. The maximum Gasteiger partial charge on any atom is 0.240 e. The van der Waals surface area contributed by atoms with E-state index in [0.717, 1.165) is 24.2 Å². The Labute approximate surface area is 142 Å². The van der Waals surface area contributed by atoms with E-state index in [2.05, 4.69) is 5.32 Å². The lowest BCUT2D eigenvalue weighted by atomic mass is 9.85. The highest BCUT2D eigenvalue weighted by Crippen LogP contribution is 2.49. The van der Waals surface area contributed by atoms with Crippen molar-refractivity contribution in [3.63, 3.8) is 0 Å². The number of rotatable bonds is 5. The molecule has 0 aromatic heterocycles. The molecule has 1 aliphatic heterocycles. The third kappa shape index (κ3) is 2.78. The number of amides is 3. The van der Waals surface area contributed by atoms with E-state index >= 15 is 0 Å². The molecule has 2 saturated carbocycles. The zero-order chi connectivity index (χ0) is 16.7. The van der Waals surface area contributed by atoms with E-state index < -0.39 is 0 Å². The van der Waals surface area contributed by atoms with E-state index in [0.29, 0.717) is 19.4 Å². The monoisotopic (exact) mass is 330 g/mol. The van der Waals surface area contributed by atoms with Crippen LogP contribution in [-0.2, 0) is 14.4 Å². The van der Waals surface area contributed by atoms with Crippen molar-refractivity contribution in [1.82, 2.24) is 10.2 Å². The molecule has 24 heavy (non-hydrogen) atoms. The van der Waals surface area contributed by atoms with E-state index in [-0.39, 0.29) is 36.1 Å². The summed E-state index contributed by atoms with van der Waals surface area (Å²) in [6.45, 7) is 0.554. The van der Waals surface area contributed by atoms with Gasteiger partial charge in [-0.3, -0.25) is 19.3 Å². The molecule has 3 amide bonds. The number of nitrogens with zero attached hydrogens (tertiary/aromatic N) is 1. The summed E-state index contributed by atoms with van der Waals surface area (Å²) >= 11 is 0. The van der Waals surface area contributed by atoms with E-state index in [9.17, 15) is 14.4 Å². The molecule has 0 aromatic rings. The SMILES string of the molecule is O=C(CN1C(=O)[C@@H]2CC=CC[C@H]2C1=O)NCC[C@H]1C[C@H]2CC[C@H]1C2. The van der Waals surface area contributed by atoms with Crippen LogP contribution in [0.4, 0.5) is 0 Å². The van der Waals surface area contributed by atoms with Crippen molar-refractivity contribution in [2.45, 2.75) is 44.9 Å². The number of allylic oxidation sites excluding steroid dienone is 2. The van der Waals surface area contributed by atoms with Gasteiger partial charge in [-0.2, -0.15) is 0 Å². The lowest BCUT2D eigenvalue weighted by Crippen LogP contribution is -2.41. The Morgan fingerprint density at radius 3 is 2.38 bits per heavy atom.